The molecule has 0 amide bonds. The fraction of sp³-hybridized carbons (Fsp3) is 0.211. The van der Waals surface area contributed by atoms with E-state index in [4.69, 9.17) is 14.4 Å². The van der Waals surface area contributed by atoms with Crippen LogP contribution >= 0.6 is 0 Å². The van der Waals surface area contributed by atoms with Gasteiger partial charge >= 0.3 is 5.97 Å². The second kappa shape index (κ2) is 9.22. The molecule has 1 N–H and O–H groups in total. The molecule has 0 aliphatic heterocycles. The normalized spacial score (nSPS) is 11.8. The number of hydrogen-bond acceptors (Lipinski definition) is 7. The van der Waals surface area contributed by atoms with Crippen LogP contribution < -0.4 is 0 Å². The molecule has 0 saturated heterocycles. The summed E-state index contributed by atoms with van der Waals surface area (Å²) in [5.41, 5.74) is 2.63. The van der Waals surface area contributed by atoms with Gasteiger partial charge in [-0.15, -0.1) is 0 Å². The Hall–Kier alpha value is -3.35. The molecule has 0 heterocycles. The zero-order valence-corrected chi connectivity index (χ0v) is 14.8. The van der Waals surface area contributed by atoms with Crippen molar-refractivity contribution in [1.29, 1.82) is 0 Å². The van der Waals surface area contributed by atoms with Gasteiger partial charge in [-0.25, -0.2) is 4.79 Å². The maximum absolute atomic E-state index is 11.9. The predicted octanol–water partition coefficient (Wildman–Crippen LogP) is 2.86. The first-order chi connectivity index (χ1) is 12.6. The van der Waals surface area contributed by atoms with E-state index in [2.05, 4.69) is 10.3 Å². The van der Waals surface area contributed by atoms with Crippen molar-refractivity contribution in [2.75, 3.05) is 14.2 Å². The highest BCUT2D eigenvalue weighted by Crippen LogP contribution is 2.15. The van der Waals surface area contributed by atoms with Crippen molar-refractivity contribution in [3.63, 3.8) is 0 Å². The first kappa shape index (κ1) is 19.0. The summed E-state index contributed by atoms with van der Waals surface area (Å²) in [5.74, 6) is -0.459. The van der Waals surface area contributed by atoms with Gasteiger partial charge in [-0.2, -0.15) is 0 Å². The van der Waals surface area contributed by atoms with Gasteiger partial charge in [0.25, 0.3) is 0 Å². The number of carbonyl (C=O) groups excluding carboxylic acids is 1. The van der Waals surface area contributed by atoms with Crippen LogP contribution in [0.2, 0.25) is 0 Å². The number of oxime groups is 2. The molecule has 2 rings (SSSR count). The molecule has 0 bridgehead atoms. The molecule has 0 spiro atoms. The van der Waals surface area contributed by atoms with Crippen LogP contribution in [0.1, 0.15) is 23.6 Å². The molecule has 2 aromatic carbocycles. The topological polar surface area (TPSA) is 89.7 Å². The zero-order valence-electron chi connectivity index (χ0n) is 14.8. The maximum atomic E-state index is 11.9. The fourth-order valence-corrected chi connectivity index (χ4v) is 2.24. The van der Waals surface area contributed by atoms with Crippen LogP contribution in [-0.4, -0.2) is 36.7 Å². The van der Waals surface area contributed by atoms with Crippen molar-refractivity contribution in [2.45, 2.75) is 13.5 Å². The van der Waals surface area contributed by atoms with Crippen LogP contribution in [0.4, 0.5) is 0 Å². The lowest BCUT2D eigenvalue weighted by Crippen LogP contribution is -2.19. The summed E-state index contributed by atoms with van der Waals surface area (Å²) < 4.78 is 4.74. The quantitative estimate of drug-likeness (QED) is 0.468. The summed E-state index contributed by atoms with van der Waals surface area (Å²) in [6, 6.07) is 13.8. The van der Waals surface area contributed by atoms with Gasteiger partial charge in [0, 0.05) is 16.7 Å². The van der Waals surface area contributed by atoms with E-state index >= 15 is 0 Å². The zero-order chi connectivity index (χ0) is 18.9. The maximum Gasteiger partial charge on any atom is 0.360 e. The minimum Gasteiger partial charge on any atom is -0.508 e. The van der Waals surface area contributed by atoms with Crippen molar-refractivity contribution >= 4 is 17.4 Å². The monoisotopic (exact) mass is 356 g/mol. The van der Waals surface area contributed by atoms with E-state index in [1.807, 2.05) is 12.1 Å². The summed E-state index contributed by atoms with van der Waals surface area (Å²) in [7, 11) is 2.63. The van der Waals surface area contributed by atoms with E-state index in [1.54, 1.807) is 43.3 Å². The van der Waals surface area contributed by atoms with Gasteiger partial charge in [0.2, 0.25) is 0 Å². The molecule has 0 atom stereocenters. The third kappa shape index (κ3) is 4.83. The van der Waals surface area contributed by atoms with Crippen molar-refractivity contribution in [2.24, 2.45) is 10.3 Å². The number of ether oxygens (including phenoxy) is 1. The van der Waals surface area contributed by atoms with E-state index in [0.717, 1.165) is 5.56 Å². The van der Waals surface area contributed by atoms with E-state index in [0.29, 0.717) is 16.8 Å². The molecule has 0 saturated carbocycles. The minimum atomic E-state index is -0.612. The SMILES string of the molecule is CO/N=C(/C(=O)OC)c1ccccc1CON=C(C)c1cccc(O)c1. The number of nitrogens with zero attached hydrogens (tertiary/aromatic N) is 2. The Morgan fingerprint density at radius 2 is 1.85 bits per heavy atom. The Morgan fingerprint density at radius 1 is 1.08 bits per heavy atom. The van der Waals surface area contributed by atoms with Crippen LogP contribution in [0.25, 0.3) is 0 Å². The highest BCUT2D eigenvalue weighted by Gasteiger charge is 2.19. The Kier molecular flexibility index (Phi) is 6.73. The summed E-state index contributed by atoms with van der Waals surface area (Å²) in [4.78, 5) is 22.1. The molecule has 7 heteroatoms. The largest absolute Gasteiger partial charge is 0.508 e. The van der Waals surface area contributed by atoms with Crippen molar-refractivity contribution in [3.8, 4) is 5.75 Å². The smallest absolute Gasteiger partial charge is 0.360 e. The van der Waals surface area contributed by atoms with Crippen molar-refractivity contribution in [1.82, 2.24) is 0 Å². The van der Waals surface area contributed by atoms with Crippen LogP contribution in [0.3, 0.4) is 0 Å². The molecule has 0 fully saturated rings. The second-order valence-corrected chi connectivity index (χ2v) is 5.27. The third-order valence-corrected chi connectivity index (χ3v) is 3.52. The number of methoxy groups -OCH3 is 1. The number of rotatable bonds is 7. The number of aromatic hydroxyl groups is 1. The molecular weight excluding hydrogens is 336 g/mol. The summed E-state index contributed by atoms with van der Waals surface area (Å²) >= 11 is 0. The van der Waals surface area contributed by atoms with E-state index in [1.165, 1.54) is 14.2 Å². The van der Waals surface area contributed by atoms with Crippen molar-refractivity contribution in [3.05, 3.63) is 65.2 Å². The highest BCUT2D eigenvalue weighted by molar-refractivity contribution is 6.43. The van der Waals surface area contributed by atoms with Gasteiger partial charge in [0.15, 0.2) is 5.71 Å². The van der Waals surface area contributed by atoms with Gasteiger partial charge in [-0.1, -0.05) is 46.7 Å². The molecule has 0 radical (unpaired) electrons. The number of esters is 1. The number of phenols is 1. The first-order valence-electron chi connectivity index (χ1n) is 7.80. The first-order valence-corrected chi connectivity index (χ1v) is 7.80. The lowest BCUT2D eigenvalue weighted by molar-refractivity contribution is -0.132. The van der Waals surface area contributed by atoms with Crippen LogP contribution in [0.15, 0.2) is 58.8 Å². The van der Waals surface area contributed by atoms with Gasteiger partial charge in [0.1, 0.15) is 19.5 Å². The van der Waals surface area contributed by atoms with E-state index in [9.17, 15) is 9.90 Å². The Balaban J connectivity index is 2.19. The average molecular weight is 356 g/mol. The van der Waals surface area contributed by atoms with Crippen LogP contribution in [-0.2, 0) is 25.8 Å². The number of phenolic OH excluding ortho intramolecular Hbond substituents is 1. The van der Waals surface area contributed by atoms with Gasteiger partial charge < -0.3 is 19.5 Å². The number of benzene rings is 2. The molecule has 2 aromatic rings. The summed E-state index contributed by atoms with van der Waals surface area (Å²) in [5, 5.41) is 17.3. The van der Waals surface area contributed by atoms with Crippen LogP contribution in [0, 0.1) is 0 Å². The summed E-state index contributed by atoms with van der Waals surface area (Å²) in [6.45, 7) is 1.89. The standard InChI is InChI=1S/C19H20N2O5/c1-13(14-8-6-9-16(22)11-14)20-26-12-15-7-4-5-10-17(15)18(21-25-3)19(23)24-2/h4-11,22H,12H2,1-3H3/b20-13?,21-18+. The molecule has 0 unspecified atom stereocenters. The molecule has 136 valence electrons. The molecule has 7 nitrogen and oxygen atoms in total. The fourth-order valence-electron chi connectivity index (χ4n) is 2.24. The molecule has 0 aromatic heterocycles. The number of hydrogen-bond donors (Lipinski definition) is 1. The van der Waals surface area contributed by atoms with Gasteiger partial charge in [-0.05, 0) is 19.1 Å². The van der Waals surface area contributed by atoms with Crippen molar-refractivity contribution < 1.29 is 24.3 Å². The van der Waals surface area contributed by atoms with E-state index in [-0.39, 0.29) is 18.1 Å². The lowest BCUT2D eigenvalue weighted by Gasteiger charge is -2.10. The van der Waals surface area contributed by atoms with Gasteiger partial charge in [0.05, 0.1) is 12.8 Å². The minimum absolute atomic E-state index is 0.0443. The molecule has 0 aliphatic rings. The lowest BCUT2D eigenvalue weighted by atomic mass is 10.0. The Labute approximate surface area is 151 Å². The molecule has 26 heavy (non-hydrogen) atoms. The molecular formula is C19H20N2O5. The second-order valence-electron chi connectivity index (χ2n) is 5.27. The highest BCUT2D eigenvalue weighted by atomic mass is 16.6. The molecule has 0 aliphatic carbocycles. The predicted molar refractivity (Wildman–Crippen MR) is 97.1 cm³/mol. The number of carbonyl (C=O) groups is 1. The van der Waals surface area contributed by atoms with E-state index < -0.39 is 5.97 Å². The third-order valence-electron chi connectivity index (χ3n) is 3.52. The average Bonchev–Trinajstić information content (AvgIpc) is 2.66. The van der Waals surface area contributed by atoms with Gasteiger partial charge in [-0.3, -0.25) is 0 Å². The van der Waals surface area contributed by atoms with Crippen LogP contribution in [0.5, 0.6) is 5.75 Å². The Bertz CT molecular complexity index is 830. The summed E-state index contributed by atoms with van der Waals surface area (Å²) in [6.07, 6.45) is 0. The Morgan fingerprint density at radius 3 is 2.54 bits per heavy atom.